The number of hydrogen-bond acceptors (Lipinski definition) is 3. The Kier molecular flexibility index (Phi) is 6.29. The molecule has 1 fully saturated rings. The van der Waals surface area contributed by atoms with Gasteiger partial charge in [-0.3, -0.25) is 0 Å². The third-order valence-electron chi connectivity index (χ3n) is 3.09. The molecule has 0 aromatic rings. The lowest BCUT2D eigenvalue weighted by Gasteiger charge is -2.34. The van der Waals surface area contributed by atoms with Crippen LogP contribution < -0.4 is 5.73 Å². The first-order valence-electron chi connectivity index (χ1n) is 6.43. The quantitative estimate of drug-likeness (QED) is 0.725. The maximum Gasteiger partial charge on any atom is 0.319 e. The number of amides is 2. The highest BCUT2D eigenvalue weighted by molar-refractivity contribution is 5.74. The average Bonchev–Trinajstić information content (AvgIpc) is 2.33. The fraction of sp³-hybridized carbons (Fsp3) is 0.917. The minimum atomic E-state index is 0.118. The molecule has 2 amide bonds. The SMILES string of the molecule is CC1CCCN(C(=O)N(C)CCOCCN)C1. The zero-order valence-electron chi connectivity index (χ0n) is 11.0. The molecule has 5 heteroatoms. The summed E-state index contributed by atoms with van der Waals surface area (Å²) in [7, 11) is 1.83. The second-order valence-electron chi connectivity index (χ2n) is 4.80. The van der Waals surface area contributed by atoms with Crippen LogP contribution in [0.5, 0.6) is 0 Å². The van der Waals surface area contributed by atoms with E-state index in [4.69, 9.17) is 10.5 Å². The van der Waals surface area contributed by atoms with Gasteiger partial charge in [-0.15, -0.1) is 0 Å². The summed E-state index contributed by atoms with van der Waals surface area (Å²) in [4.78, 5) is 15.8. The van der Waals surface area contributed by atoms with E-state index in [0.717, 1.165) is 19.5 Å². The minimum Gasteiger partial charge on any atom is -0.378 e. The molecule has 17 heavy (non-hydrogen) atoms. The Balaban J connectivity index is 2.25. The molecule has 1 atom stereocenters. The van der Waals surface area contributed by atoms with E-state index in [-0.39, 0.29) is 6.03 Å². The second kappa shape index (κ2) is 7.50. The number of piperidine rings is 1. The van der Waals surface area contributed by atoms with Crippen LogP contribution in [0.15, 0.2) is 0 Å². The lowest BCUT2D eigenvalue weighted by atomic mass is 10.0. The van der Waals surface area contributed by atoms with Crippen LogP contribution in [0.2, 0.25) is 0 Å². The van der Waals surface area contributed by atoms with Gasteiger partial charge >= 0.3 is 6.03 Å². The lowest BCUT2D eigenvalue weighted by Crippen LogP contribution is -2.46. The van der Waals surface area contributed by atoms with Crippen LogP contribution in [0, 0.1) is 5.92 Å². The summed E-state index contributed by atoms with van der Waals surface area (Å²) in [5.41, 5.74) is 5.32. The van der Waals surface area contributed by atoms with Crippen molar-refractivity contribution in [2.24, 2.45) is 11.7 Å². The summed E-state index contributed by atoms with van der Waals surface area (Å²) in [6.07, 6.45) is 2.34. The molecule has 1 aliphatic rings. The maximum atomic E-state index is 12.1. The zero-order chi connectivity index (χ0) is 12.7. The fourth-order valence-electron chi connectivity index (χ4n) is 2.09. The minimum absolute atomic E-state index is 0.118. The van der Waals surface area contributed by atoms with E-state index in [0.29, 0.717) is 32.2 Å². The number of nitrogens with two attached hydrogens (primary N) is 1. The Morgan fingerprint density at radius 2 is 2.29 bits per heavy atom. The van der Waals surface area contributed by atoms with Crippen molar-refractivity contribution >= 4 is 6.03 Å². The Morgan fingerprint density at radius 1 is 1.53 bits per heavy atom. The van der Waals surface area contributed by atoms with Crippen molar-refractivity contribution in [2.75, 3.05) is 46.4 Å². The average molecular weight is 243 g/mol. The van der Waals surface area contributed by atoms with Crippen LogP contribution in [-0.4, -0.2) is 62.3 Å². The number of ether oxygens (including phenoxy) is 1. The van der Waals surface area contributed by atoms with Crippen LogP contribution in [0.3, 0.4) is 0 Å². The number of likely N-dealkylation sites (N-methyl/N-ethyl adjacent to an activating group) is 1. The molecule has 0 aliphatic carbocycles. The Bertz CT molecular complexity index is 236. The molecule has 0 bridgehead atoms. The van der Waals surface area contributed by atoms with Crippen LogP contribution in [0.4, 0.5) is 4.79 Å². The van der Waals surface area contributed by atoms with E-state index < -0.39 is 0 Å². The first kappa shape index (κ1) is 14.3. The molecule has 0 spiro atoms. The topological polar surface area (TPSA) is 58.8 Å². The predicted octanol–water partition coefficient (Wildman–Crippen LogP) is 0.745. The van der Waals surface area contributed by atoms with Gasteiger partial charge in [0.1, 0.15) is 0 Å². The molecular weight excluding hydrogens is 218 g/mol. The van der Waals surface area contributed by atoms with E-state index in [1.54, 1.807) is 4.90 Å². The molecule has 1 rings (SSSR count). The Labute approximate surface area is 104 Å². The van der Waals surface area contributed by atoms with Crippen LogP contribution in [0.1, 0.15) is 19.8 Å². The molecule has 100 valence electrons. The van der Waals surface area contributed by atoms with Gasteiger partial charge in [-0.1, -0.05) is 6.92 Å². The fourth-order valence-corrected chi connectivity index (χ4v) is 2.09. The van der Waals surface area contributed by atoms with E-state index in [2.05, 4.69) is 6.92 Å². The molecule has 0 radical (unpaired) electrons. The summed E-state index contributed by atoms with van der Waals surface area (Å²) in [6, 6.07) is 0.118. The summed E-state index contributed by atoms with van der Waals surface area (Å²) >= 11 is 0. The molecule has 1 aliphatic heterocycles. The van der Waals surface area contributed by atoms with Crippen molar-refractivity contribution in [3.05, 3.63) is 0 Å². The summed E-state index contributed by atoms with van der Waals surface area (Å²) in [5.74, 6) is 0.620. The largest absolute Gasteiger partial charge is 0.378 e. The molecule has 1 unspecified atom stereocenters. The molecule has 0 aromatic heterocycles. The van der Waals surface area contributed by atoms with Gasteiger partial charge in [-0.05, 0) is 18.8 Å². The van der Waals surface area contributed by atoms with Crippen LogP contribution in [-0.2, 0) is 4.74 Å². The highest BCUT2D eigenvalue weighted by Gasteiger charge is 2.23. The number of nitrogens with zero attached hydrogens (tertiary/aromatic N) is 2. The number of urea groups is 1. The predicted molar refractivity (Wildman–Crippen MR) is 67.9 cm³/mol. The molecule has 0 aromatic carbocycles. The molecule has 2 N–H and O–H groups in total. The first-order valence-corrected chi connectivity index (χ1v) is 6.43. The van der Waals surface area contributed by atoms with Gasteiger partial charge in [0.2, 0.25) is 0 Å². The van der Waals surface area contributed by atoms with E-state index >= 15 is 0 Å². The highest BCUT2D eigenvalue weighted by Crippen LogP contribution is 2.16. The maximum absolute atomic E-state index is 12.1. The van der Waals surface area contributed by atoms with Gasteiger partial charge in [0, 0.05) is 33.2 Å². The van der Waals surface area contributed by atoms with Crippen LogP contribution >= 0.6 is 0 Å². The number of likely N-dealkylation sites (tertiary alicyclic amines) is 1. The van der Waals surface area contributed by atoms with Gasteiger partial charge < -0.3 is 20.3 Å². The Morgan fingerprint density at radius 3 is 2.94 bits per heavy atom. The highest BCUT2D eigenvalue weighted by atomic mass is 16.5. The molecule has 5 nitrogen and oxygen atoms in total. The second-order valence-corrected chi connectivity index (χ2v) is 4.80. The molecule has 1 saturated heterocycles. The van der Waals surface area contributed by atoms with E-state index in [9.17, 15) is 4.79 Å². The number of carbonyl (C=O) groups is 1. The van der Waals surface area contributed by atoms with Gasteiger partial charge in [0.05, 0.1) is 13.2 Å². The van der Waals surface area contributed by atoms with Crippen molar-refractivity contribution in [3.8, 4) is 0 Å². The third kappa shape index (κ3) is 4.91. The Hall–Kier alpha value is -0.810. The number of hydrogen-bond donors (Lipinski definition) is 1. The molecule has 1 heterocycles. The number of rotatable bonds is 5. The summed E-state index contributed by atoms with van der Waals surface area (Å²) in [6.45, 7) is 6.24. The zero-order valence-corrected chi connectivity index (χ0v) is 11.0. The van der Waals surface area contributed by atoms with Crippen LogP contribution in [0.25, 0.3) is 0 Å². The first-order chi connectivity index (χ1) is 8.15. The van der Waals surface area contributed by atoms with Crippen molar-refractivity contribution in [3.63, 3.8) is 0 Å². The molecular formula is C12H25N3O2. The monoisotopic (exact) mass is 243 g/mol. The third-order valence-corrected chi connectivity index (χ3v) is 3.09. The smallest absolute Gasteiger partial charge is 0.319 e. The lowest BCUT2D eigenvalue weighted by molar-refractivity contribution is 0.103. The number of carbonyl (C=O) groups excluding carboxylic acids is 1. The summed E-state index contributed by atoms with van der Waals surface area (Å²) in [5, 5.41) is 0. The summed E-state index contributed by atoms with van der Waals surface area (Å²) < 4.78 is 5.27. The van der Waals surface area contributed by atoms with E-state index in [1.807, 2.05) is 11.9 Å². The normalized spacial score (nSPS) is 20.4. The van der Waals surface area contributed by atoms with Gasteiger partial charge in [0.25, 0.3) is 0 Å². The van der Waals surface area contributed by atoms with Gasteiger partial charge in [-0.25, -0.2) is 4.79 Å². The van der Waals surface area contributed by atoms with Gasteiger partial charge in [-0.2, -0.15) is 0 Å². The molecule has 0 saturated carbocycles. The van der Waals surface area contributed by atoms with E-state index in [1.165, 1.54) is 6.42 Å². The van der Waals surface area contributed by atoms with Crippen molar-refractivity contribution in [1.82, 2.24) is 9.80 Å². The van der Waals surface area contributed by atoms with Crippen molar-refractivity contribution < 1.29 is 9.53 Å². The standard InChI is InChI=1S/C12H25N3O2/c1-11-4-3-6-15(10-11)12(16)14(2)7-9-17-8-5-13/h11H,3-10,13H2,1-2H3. The van der Waals surface area contributed by atoms with Crippen molar-refractivity contribution in [1.29, 1.82) is 0 Å². The van der Waals surface area contributed by atoms with Crippen molar-refractivity contribution in [2.45, 2.75) is 19.8 Å². The van der Waals surface area contributed by atoms with Gasteiger partial charge in [0.15, 0.2) is 0 Å².